The number of aromatic nitrogens is 3. The Morgan fingerprint density at radius 3 is 3.00 bits per heavy atom. The van der Waals surface area contributed by atoms with Gasteiger partial charge in [0.2, 0.25) is 0 Å². The highest BCUT2D eigenvalue weighted by Gasteiger charge is 2.30. The molecule has 126 valence electrons. The molecule has 0 unspecified atom stereocenters. The second-order valence-corrected chi connectivity index (χ2v) is 7.74. The monoisotopic (exact) mass is 343 g/mol. The Kier molecular flexibility index (Phi) is 3.69. The van der Waals surface area contributed by atoms with E-state index in [2.05, 4.69) is 31.8 Å². The van der Waals surface area contributed by atoms with Gasteiger partial charge in [0.15, 0.2) is 0 Å². The van der Waals surface area contributed by atoms with Crippen LogP contribution in [0.2, 0.25) is 0 Å². The molecule has 24 heavy (non-hydrogen) atoms. The smallest absolute Gasteiger partial charge is 0.271 e. The summed E-state index contributed by atoms with van der Waals surface area (Å²) in [6.45, 7) is 7.61. The third-order valence-corrected chi connectivity index (χ3v) is 6.01. The maximum Gasteiger partial charge on any atom is 0.271 e. The fraction of sp³-hybridized carbons (Fsp3) is 0.500. The molecule has 4 rings (SSSR count). The second-order valence-electron chi connectivity index (χ2n) is 6.74. The highest BCUT2D eigenvalue weighted by atomic mass is 32.1. The third kappa shape index (κ3) is 2.36. The predicted molar refractivity (Wildman–Crippen MR) is 96.7 cm³/mol. The Balaban J connectivity index is 1.91. The van der Waals surface area contributed by atoms with Crippen LogP contribution in [0.25, 0.3) is 20.4 Å². The van der Waals surface area contributed by atoms with Gasteiger partial charge < -0.3 is 4.74 Å². The normalized spacial score (nSPS) is 20.6. The van der Waals surface area contributed by atoms with Crippen LogP contribution in [0.5, 0.6) is 0 Å². The SMILES string of the molecule is CCCn1cnc2c(sc3nc4c(cc32)CO[C@@](C)(CC)C4)c1=O. The molecule has 1 atom stereocenters. The van der Waals surface area contributed by atoms with Gasteiger partial charge in [-0.25, -0.2) is 9.97 Å². The molecule has 0 saturated heterocycles. The lowest BCUT2D eigenvalue weighted by molar-refractivity contribution is -0.0573. The van der Waals surface area contributed by atoms with Gasteiger partial charge in [0, 0.05) is 23.9 Å². The Morgan fingerprint density at radius 2 is 2.25 bits per heavy atom. The summed E-state index contributed by atoms with van der Waals surface area (Å²) in [6, 6.07) is 2.11. The first-order chi connectivity index (χ1) is 11.5. The number of rotatable bonds is 3. The van der Waals surface area contributed by atoms with Gasteiger partial charge >= 0.3 is 0 Å². The van der Waals surface area contributed by atoms with Crippen LogP contribution in [-0.2, 0) is 24.3 Å². The molecule has 6 heteroatoms. The zero-order chi connectivity index (χ0) is 16.9. The summed E-state index contributed by atoms with van der Waals surface area (Å²) >= 11 is 1.46. The van der Waals surface area contributed by atoms with Gasteiger partial charge in [-0.15, -0.1) is 11.3 Å². The minimum atomic E-state index is -0.142. The molecule has 0 saturated carbocycles. The van der Waals surface area contributed by atoms with Crippen molar-refractivity contribution in [2.75, 3.05) is 0 Å². The molecule has 0 radical (unpaired) electrons. The molecular formula is C18H21N3O2S. The highest BCUT2D eigenvalue weighted by molar-refractivity contribution is 7.25. The minimum absolute atomic E-state index is 0.0393. The molecular weight excluding hydrogens is 322 g/mol. The van der Waals surface area contributed by atoms with Crippen molar-refractivity contribution >= 4 is 31.8 Å². The van der Waals surface area contributed by atoms with Gasteiger partial charge in [-0.3, -0.25) is 9.36 Å². The van der Waals surface area contributed by atoms with E-state index in [1.54, 1.807) is 10.9 Å². The lowest BCUT2D eigenvalue weighted by Crippen LogP contribution is -2.35. The van der Waals surface area contributed by atoms with Crippen LogP contribution in [0.15, 0.2) is 17.2 Å². The third-order valence-electron chi connectivity index (χ3n) is 4.94. The van der Waals surface area contributed by atoms with E-state index in [1.165, 1.54) is 11.3 Å². The molecule has 4 heterocycles. The van der Waals surface area contributed by atoms with Crippen LogP contribution in [0.3, 0.4) is 0 Å². The Bertz CT molecular complexity index is 991. The molecule has 3 aromatic heterocycles. The highest BCUT2D eigenvalue weighted by Crippen LogP contribution is 2.35. The van der Waals surface area contributed by atoms with Crippen LogP contribution in [0.1, 0.15) is 44.9 Å². The number of aryl methyl sites for hydroxylation is 1. The van der Waals surface area contributed by atoms with Crippen LogP contribution in [0.4, 0.5) is 0 Å². The second kappa shape index (κ2) is 5.63. The number of ether oxygens (including phenoxy) is 1. The zero-order valence-electron chi connectivity index (χ0n) is 14.3. The first-order valence-corrected chi connectivity index (χ1v) is 9.30. The van der Waals surface area contributed by atoms with Crippen LogP contribution in [-0.4, -0.2) is 20.1 Å². The Labute approximate surface area is 144 Å². The predicted octanol–water partition coefficient (Wildman–Crippen LogP) is 3.66. The average molecular weight is 343 g/mol. The van der Waals surface area contributed by atoms with E-state index in [0.29, 0.717) is 17.9 Å². The van der Waals surface area contributed by atoms with E-state index in [9.17, 15) is 4.79 Å². The van der Waals surface area contributed by atoms with E-state index in [1.807, 2.05) is 0 Å². The molecule has 0 bridgehead atoms. The minimum Gasteiger partial charge on any atom is -0.370 e. The summed E-state index contributed by atoms with van der Waals surface area (Å²) < 4.78 is 8.42. The topological polar surface area (TPSA) is 57.0 Å². The van der Waals surface area contributed by atoms with Crippen LogP contribution < -0.4 is 5.56 Å². The van der Waals surface area contributed by atoms with Gasteiger partial charge in [0.25, 0.3) is 5.56 Å². The fourth-order valence-corrected chi connectivity index (χ4v) is 4.31. The quantitative estimate of drug-likeness (QED) is 0.728. The molecule has 3 aromatic rings. The van der Waals surface area contributed by atoms with Crippen LogP contribution >= 0.6 is 11.3 Å². The van der Waals surface area contributed by atoms with E-state index >= 15 is 0 Å². The molecule has 0 fully saturated rings. The van der Waals surface area contributed by atoms with Gasteiger partial charge in [0.05, 0.1) is 29.7 Å². The number of hydrogen-bond acceptors (Lipinski definition) is 5. The average Bonchev–Trinajstić information content (AvgIpc) is 2.94. The van der Waals surface area contributed by atoms with Gasteiger partial charge in [-0.05, 0) is 25.8 Å². The maximum atomic E-state index is 12.6. The number of thiophene rings is 1. The van der Waals surface area contributed by atoms with Crippen molar-refractivity contribution in [1.29, 1.82) is 0 Å². The zero-order valence-corrected chi connectivity index (χ0v) is 15.1. The number of pyridine rings is 1. The van der Waals surface area contributed by atoms with Crippen molar-refractivity contribution in [3.63, 3.8) is 0 Å². The first kappa shape index (κ1) is 15.7. The summed E-state index contributed by atoms with van der Waals surface area (Å²) in [7, 11) is 0. The lowest BCUT2D eigenvalue weighted by Gasteiger charge is -2.33. The summed E-state index contributed by atoms with van der Waals surface area (Å²) in [4.78, 5) is 22.9. The van der Waals surface area contributed by atoms with Crippen molar-refractivity contribution in [2.24, 2.45) is 0 Å². The van der Waals surface area contributed by atoms with Gasteiger partial charge in [-0.2, -0.15) is 0 Å². The number of hydrogen-bond donors (Lipinski definition) is 0. The van der Waals surface area contributed by atoms with Crippen molar-refractivity contribution in [3.8, 4) is 0 Å². The molecule has 0 spiro atoms. The van der Waals surface area contributed by atoms with E-state index in [-0.39, 0.29) is 11.2 Å². The fourth-order valence-electron chi connectivity index (χ4n) is 3.23. The molecule has 1 aliphatic rings. The molecule has 0 N–H and O–H groups in total. The molecule has 0 aromatic carbocycles. The molecule has 5 nitrogen and oxygen atoms in total. The summed E-state index contributed by atoms with van der Waals surface area (Å²) in [5.41, 5.74) is 2.88. The van der Waals surface area contributed by atoms with Crippen molar-refractivity contribution < 1.29 is 4.74 Å². The van der Waals surface area contributed by atoms with Crippen molar-refractivity contribution in [2.45, 2.75) is 58.8 Å². The lowest BCUT2D eigenvalue weighted by atomic mass is 9.91. The molecule has 0 aliphatic carbocycles. The summed E-state index contributed by atoms with van der Waals surface area (Å²) in [5, 5.41) is 0.971. The Hall–Kier alpha value is -1.79. The number of nitrogens with zero attached hydrogens (tertiary/aromatic N) is 3. The van der Waals surface area contributed by atoms with Crippen molar-refractivity contribution in [3.05, 3.63) is 34.0 Å². The molecule has 1 aliphatic heterocycles. The standard InChI is InChI=1S/C18H21N3O2S/c1-4-6-21-10-19-14-12-7-11-9-23-18(3,5-2)8-13(11)20-16(12)24-15(14)17(21)22/h7,10H,4-6,8-9H2,1-3H3/t18-/m0/s1. The van der Waals surface area contributed by atoms with E-state index in [4.69, 9.17) is 9.72 Å². The summed E-state index contributed by atoms with van der Waals surface area (Å²) in [5.74, 6) is 0. The van der Waals surface area contributed by atoms with Gasteiger partial charge in [0.1, 0.15) is 9.53 Å². The molecule has 0 amide bonds. The Morgan fingerprint density at radius 1 is 1.42 bits per heavy atom. The van der Waals surface area contributed by atoms with E-state index < -0.39 is 0 Å². The van der Waals surface area contributed by atoms with Crippen molar-refractivity contribution in [1.82, 2.24) is 14.5 Å². The number of fused-ring (bicyclic) bond motifs is 4. The maximum absolute atomic E-state index is 12.6. The largest absolute Gasteiger partial charge is 0.370 e. The van der Waals surface area contributed by atoms with Gasteiger partial charge in [-0.1, -0.05) is 13.8 Å². The van der Waals surface area contributed by atoms with Crippen LogP contribution in [0, 0.1) is 0 Å². The van der Waals surface area contributed by atoms with E-state index in [0.717, 1.165) is 46.3 Å². The first-order valence-electron chi connectivity index (χ1n) is 8.49. The summed E-state index contributed by atoms with van der Waals surface area (Å²) in [6.07, 6.45) is 4.35.